The van der Waals surface area contributed by atoms with Gasteiger partial charge in [0.1, 0.15) is 5.82 Å². The van der Waals surface area contributed by atoms with E-state index in [-0.39, 0.29) is 15.4 Å². The van der Waals surface area contributed by atoms with E-state index >= 15 is 0 Å². The maximum Gasteiger partial charge on any atom is 0.255 e. The van der Waals surface area contributed by atoms with Crippen LogP contribution in [0, 0.1) is 5.82 Å². The first-order chi connectivity index (χ1) is 9.59. The summed E-state index contributed by atoms with van der Waals surface area (Å²) < 4.78 is 13.6. The topological polar surface area (TPSA) is 29.1 Å². The molecule has 1 atom stereocenters. The van der Waals surface area contributed by atoms with Gasteiger partial charge in [0.05, 0.1) is 15.4 Å². The molecule has 1 N–H and O–H groups in total. The summed E-state index contributed by atoms with van der Waals surface area (Å²) in [5.41, 5.74) is 0.911. The number of rotatable bonds is 4. The number of hydrogen-bond acceptors (Lipinski definition) is 1. The Kier molecular flexibility index (Phi) is 5.15. The average Bonchev–Trinajstić information content (AvgIpc) is 2.45. The zero-order valence-electron chi connectivity index (χ0n) is 10.4. The van der Waals surface area contributed by atoms with Gasteiger partial charge in [0, 0.05) is 6.54 Å². The van der Waals surface area contributed by atoms with Gasteiger partial charge in [-0.3, -0.25) is 4.79 Å². The first-order valence-electron chi connectivity index (χ1n) is 6.01. The Labute approximate surface area is 130 Å². The Hall–Kier alpha value is -1.39. The molecule has 0 radical (unpaired) electrons. The average molecular weight is 357 g/mol. The van der Waals surface area contributed by atoms with Gasteiger partial charge in [0.25, 0.3) is 5.91 Å². The highest BCUT2D eigenvalue weighted by Gasteiger charge is 2.16. The highest BCUT2D eigenvalue weighted by atomic mass is 79.9. The Bertz CT molecular complexity index is 586. The van der Waals surface area contributed by atoms with Crippen molar-refractivity contribution >= 4 is 33.4 Å². The van der Waals surface area contributed by atoms with Gasteiger partial charge in [-0.2, -0.15) is 0 Å². The van der Waals surface area contributed by atoms with E-state index < -0.39 is 11.7 Å². The van der Waals surface area contributed by atoms with Crippen molar-refractivity contribution in [2.75, 3.05) is 6.54 Å². The van der Waals surface area contributed by atoms with Gasteiger partial charge in [0.15, 0.2) is 0 Å². The standard InChI is InChI=1S/C15H12BrClFNO/c16-11(10-5-2-1-3-6-10)9-19-15(20)14-12(17)7-4-8-13(14)18/h1-8,11H,9H2,(H,19,20). The van der Waals surface area contributed by atoms with Crippen LogP contribution in [0.5, 0.6) is 0 Å². The predicted molar refractivity (Wildman–Crippen MR) is 81.9 cm³/mol. The first kappa shape index (κ1) is 15.0. The van der Waals surface area contributed by atoms with E-state index in [1.807, 2.05) is 30.3 Å². The molecular formula is C15H12BrClFNO. The molecule has 0 fully saturated rings. The smallest absolute Gasteiger partial charge is 0.255 e. The quantitative estimate of drug-likeness (QED) is 0.811. The van der Waals surface area contributed by atoms with Gasteiger partial charge >= 0.3 is 0 Å². The minimum Gasteiger partial charge on any atom is -0.350 e. The second-order valence-corrected chi connectivity index (χ2v) is 5.70. The third kappa shape index (κ3) is 3.58. The third-order valence-electron chi connectivity index (χ3n) is 2.79. The van der Waals surface area contributed by atoms with Crippen LogP contribution in [0.25, 0.3) is 0 Å². The summed E-state index contributed by atoms with van der Waals surface area (Å²) in [5, 5.41) is 2.77. The van der Waals surface area contributed by atoms with E-state index in [2.05, 4.69) is 21.2 Å². The molecule has 1 amide bonds. The second kappa shape index (κ2) is 6.86. The number of carbonyl (C=O) groups excluding carboxylic acids is 1. The van der Waals surface area contributed by atoms with Crippen LogP contribution in [-0.2, 0) is 0 Å². The van der Waals surface area contributed by atoms with Crippen molar-refractivity contribution in [2.24, 2.45) is 0 Å². The molecule has 0 aromatic heterocycles. The van der Waals surface area contributed by atoms with Crippen molar-refractivity contribution < 1.29 is 9.18 Å². The Morgan fingerprint density at radius 3 is 2.55 bits per heavy atom. The summed E-state index contributed by atoms with van der Waals surface area (Å²) in [6, 6.07) is 13.8. The first-order valence-corrected chi connectivity index (χ1v) is 7.30. The molecule has 0 saturated heterocycles. The summed E-state index contributed by atoms with van der Waals surface area (Å²) in [7, 11) is 0. The number of halogens is 3. The maximum atomic E-state index is 13.6. The van der Waals surface area contributed by atoms with Crippen LogP contribution in [0.1, 0.15) is 20.7 Å². The van der Waals surface area contributed by atoms with Crippen LogP contribution in [-0.4, -0.2) is 12.5 Å². The van der Waals surface area contributed by atoms with E-state index in [0.717, 1.165) is 5.56 Å². The van der Waals surface area contributed by atoms with E-state index in [0.29, 0.717) is 6.54 Å². The fourth-order valence-corrected chi connectivity index (χ4v) is 2.48. The van der Waals surface area contributed by atoms with E-state index in [1.165, 1.54) is 18.2 Å². The van der Waals surface area contributed by atoms with E-state index in [1.54, 1.807) is 0 Å². The molecule has 2 aromatic carbocycles. The van der Waals surface area contributed by atoms with Crippen LogP contribution in [0.2, 0.25) is 5.02 Å². The molecule has 2 nitrogen and oxygen atoms in total. The minimum atomic E-state index is -0.624. The molecule has 2 rings (SSSR count). The fraction of sp³-hybridized carbons (Fsp3) is 0.133. The highest BCUT2D eigenvalue weighted by molar-refractivity contribution is 9.09. The molecule has 0 saturated carbocycles. The molecular weight excluding hydrogens is 345 g/mol. The zero-order chi connectivity index (χ0) is 14.5. The van der Waals surface area contributed by atoms with E-state index in [4.69, 9.17) is 11.6 Å². The normalized spacial score (nSPS) is 11.9. The molecule has 0 aliphatic carbocycles. The lowest BCUT2D eigenvalue weighted by Crippen LogP contribution is -2.27. The summed E-state index contributed by atoms with van der Waals surface area (Å²) >= 11 is 9.33. The number of amides is 1. The molecule has 0 heterocycles. The minimum absolute atomic E-state index is 0.0433. The van der Waals surface area contributed by atoms with E-state index in [9.17, 15) is 9.18 Å². The van der Waals surface area contributed by atoms with Gasteiger partial charge in [-0.05, 0) is 17.7 Å². The summed E-state index contributed by atoms with van der Waals surface area (Å²) in [5.74, 6) is -1.14. The number of hydrogen-bond donors (Lipinski definition) is 1. The van der Waals surface area contributed by atoms with Crippen molar-refractivity contribution in [1.29, 1.82) is 0 Å². The Morgan fingerprint density at radius 1 is 1.20 bits per heavy atom. The van der Waals surface area contributed by atoms with Gasteiger partial charge in [-0.25, -0.2) is 4.39 Å². The van der Waals surface area contributed by atoms with Crippen LogP contribution < -0.4 is 5.32 Å². The molecule has 20 heavy (non-hydrogen) atoms. The van der Waals surface area contributed by atoms with Crippen molar-refractivity contribution in [3.05, 3.63) is 70.5 Å². The van der Waals surface area contributed by atoms with Gasteiger partial charge in [-0.15, -0.1) is 0 Å². The molecule has 5 heteroatoms. The molecule has 2 aromatic rings. The Balaban J connectivity index is 2.03. The summed E-state index contributed by atoms with van der Waals surface area (Å²) in [4.78, 5) is 11.9. The predicted octanol–water partition coefficient (Wildman–Crippen LogP) is 4.35. The van der Waals surface area contributed by atoms with Crippen LogP contribution in [0.3, 0.4) is 0 Å². The second-order valence-electron chi connectivity index (χ2n) is 4.18. The SMILES string of the molecule is O=C(NCC(Br)c1ccccc1)c1c(F)cccc1Cl. The molecule has 0 aliphatic heterocycles. The maximum absolute atomic E-state index is 13.6. The highest BCUT2D eigenvalue weighted by Crippen LogP contribution is 2.22. The lowest BCUT2D eigenvalue weighted by atomic mass is 10.1. The number of benzene rings is 2. The van der Waals surface area contributed by atoms with Gasteiger partial charge in [-0.1, -0.05) is 63.9 Å². The van der Waals surface area contributed by atoms with Gasteiger partial charge < -0.3 is 5.32 Å². The third-order valence-corrected chi connectivity index (χ3v) is 3.96. The van der Waals surface area contributed by atoms with Crippen molar-refractivity contribution in [3.8, 4) is 0 Å². The number of alkyl halides is 1. The summed E-state index contributed by atoms with van der Waals surface area (Å²) in [6.07, 6.45) is 0. The number of carbonyl (C=O) groups is 1. The molecule has 0 bridgehead atoms. The molecule has 104 valence electrons. The summed E-state index contributed by atoms with van der Waals surface area (Å²) in [6.45, 7) is 0.341. The lowest BCUT2D eigenvalue weighted by Gasteiger charge is -2.12. The molecule has 0 aliphatic rings. The molecule has 0 spiro atoms. The van der Waals surface area contributed by atoms with Crippen molar-refractivity contribution in [1.82, 2.24) is 5.32 Å². The van der Waals surface area contributed by atoms with Crippen molar-refractivity contribution in [3.63, 3.8) is 0 Å². The molecule has 1 unspecified atom stereocenters. The fourth-order valence-electron chi connectivity index (χ4n) is 1.77. The monoisotopic (exact) mass is 355 g/mol. The zero-order valence-corrected chi connectivity index (χ0v) is 12.8. The van der Waals surface area contributed by atoms with Gasteiger partial charge in [0.2, 0.25) is 0 Å². The van der Waals surface area contributed by atoms with Crippen LogP contribution >= 0.6 is 27.5 Å². The van der Waals surface area contributed by atoms with Crippen LogP contribution in [0.4, 0.5) is 4.39 Å². The largest absolute Gasteiger partial charge is 0.350 e. The number of nitrogens with one attached hydrogen (secondary N) is 1. The lowest BCUT2D eigenvalue weighted by molar-refractivity contribution is 0.0950. The Morgan fingerprint density at radius 2 is 1.90 bits per heavy atom. The van der Waals surface area contributed by atoms with Crippen molar-refractivity contribution in [2.45, 2.75) is 4.83 Å². The van der Waals surface area contributed by atoms with Crippen LogP contribution in [0.15, 0.2) is 48.5 Å².